The van der Waals surface area contributed by atoms with E-state index in [0.29, 0.717) is 30.8 Å². The van der Waals surface area contributed by atoms with Crippen LogP contribution in [0, 0.1) is 0 Å². The van der Waals surface area contributed by atoms with Crippen LogP contribution in [0.5, 0.6) is 11.5 Å². The number of nitrogens with one attached hydrogen (secondary N) is 1. The predicted octanol–water partition coefficient (Wildman–Crippen LogP) is 1.90. The fourth-order valence-electron chi connectivity index (χ4n) is 1.78. The Labute approximate surface area is 122 Å². The molecule has 114 valence electrons. The zero-order valence-electron chi connectivity index (χ0n) is 11.9. The van der Waals surface area contributed by atoms with Crippen LogP contribution < -0.4 is 10.1 Å². The van der Waals surface area contributed by atoms with Crippen molar-refractivity contribution < 1.29 is 19.4 Å². The van der Waals surface area contributed by atoms with Crippen molar-refractivity contribution in [3.63, 3.8) is 0 Å². The largest absolute Gasteiger partial charge is 0.504 e. The molecule has 0 spiro atoms. The maximum atomic E-state index is 11.8. The molecular weight excluding hydrogens is 276 g/mol. The molecule has 1 unspecified atom stereocenters. The number of aromatic hydroxyl groups is 1. The zero-order valence-corrected chi connectivity index (χ0v) is 11.9. The fraction of sp³-hybridized carbons (Fsp3) is 0.462. The number of benzene rings is 1. The molecule has 0 amide bonds. The summed E-state index contributed by atoms with van der Waals surface area (Å²) in [5.41, 5.74) is 8.74. The van der Waals surface area contributed by atoms with Gasteiger partial charge in [-0.25, -0.2) is 4.79 Å². The van der Waals surface area contributed by atoms with E-state index >= 15 is 0 Å². The summed E-state index contributed by atoms with van der Waals surface area (Å²) in [5, 5.41) is 16.2. The Morgan fingerprint density at radius 1 is 1.52 bits per heavy atom. The number of methoxy groups -OCH3 is 2. The lowest BCUT2D eigenvalue weighted by Crippen LogP contribution is -2.30. The molecule has 0 heterocycles. The van der Waals surface area contributed by atoms with Gasteiger partial charge >= 0.3 is 5.97 Å². The van der Waals surface area contributed by atoms with Crippen LogP contribution in [0.3, 0.4) is 0 Å². The summed E-state index contributed by atoms with van der Waals surface area (Å²) in [7, 11) is 2.74. The summed E-state index contributed by atoms with van der Waals surface area (Å²) in [6.07, 6.45) is 0.583. The van der Waals surface area contributed by atoms with Crippen LogP contribution >= 0.6 is 0 Å². The lowest BCUT2D eigenvalue weighted by Gasteiger charge is -2.17. The minimum absolute atomic E-state index is 0.0558. The zero-order chi connectivity index (χ0) is 15.7. The van der Waals surface area contributed by atoms with E-state index in [1.807, 2.05) is 0 Å². The van der Waals surface area contributed by atoms with Gasteiger partial charge in [-0.2, -0.15) is 0 Å². The smallest absolute Gasteiger partial charge is 0.327 e. The van der Waals surface area contributed by atoms with Crippen LogP contribution in [0.15, 0.2) is 23.3 Å². The summed E-state index contributed by atoms with van der Waals surface area (Å²) in [4.78, 5) is 14.5. The van der Waals surface area contributed by atoms with Gasteiger partial charge in [0.05, 0.1) is 14.2 Å². The first-order valence-electron chi connectivity index (χ1n) is 6.33. The van der Waals surface area contributed by atoms with Gasteiger partial charge in [0, 0.05) is 11.5 Å². The standard InChI is InChI=1S/C13H18N4O4/c1-20-11-5-4-9(8-10(11)18)12(13(19)21-2)15-6-3-7-16-17-14/h4-5,8,12,15,18H,3,6-7H2,1-2H3. The molecule has 1 aromatic carbocycles. The highest BCUT2D eigenvalue weighted by atomic mass is 16.5. The van der Waals surface area contributed by atoms with Crippen LogP contribution in [0.4, 0.5) is 0 Å². The number of ether oxygens (including phenoxy) is 2. The van der Waals surface area contributed by atoms with E-state index in [4.69, 9.17) is 15.0 Å². The number of esters is 1. The molecule has 0 saturated carbocycles. The average molecular weight is 294 g/mol. The van der Waals surface area contributed by atoms with Gasteiger partial charge in [0.25, 0.3) is 0 Å². The Bertz CT molecular complexity index is 529. The van der Waals surface area contributed by atoms with Gasteiger partial charge in [-0.15, -0.1) is 0 Å². The lowest BCUT2D eigenvalue weighted by atomic mass is 10.1. The lowest BCUT2D eigenvalue weighted by molar-refractivity contribution is -0.143. The first kappa shape index (κ1) is 16.6. The van der Waals surface area contributed by atoms with Crippen LogP contribution in [-0.2, 0) is 9.53 Å². The van der Waals surface area contributed by atoms with E-state index in [1.165, 1.54) is 20.3 Å². The number of carbonyl (C=O) groups is 1. The third kappa shape index (κ3) is 4.87. The highest BCUT2D eigenvalue weighted by Crippen LogP contribution is 2.29. The maximum absolute atomic E-state index is 11.8. The molecule has 0 saturated heterocycles. The van der Waals surface area contributed by atoms with Crippen molar-refractivity contribution in [2.75, 3.05) is 27.3 Å². The molecule has 1 atom stereocenters. The van der Waals surface area contributed by atoms with Crippen molar-refractivity contribution in [3.8, 4) is 11.5 Å². The third-order valence-corrected chi connectivity index (χ3v) is 2.82. The quantitative estimate of drug-likeness (QED) is 0.250. The van der Waals surface area contributed by atoms with Crippen molar-refractivity contribution in [1.29, 1.82) is 0 Å². The van der Waals surface area contributed by atoms with E-state index in [-0.39, 0.29) is 5.75 Å². The summed E-state index contributed by atoms with van der Waals surface area (Å²) in [5.74, 6) is -0.200. The molecule has 8 heteroatoms. The number of phenols is 1. The van der Waals surface area contributed by atoms with Crippen LogP contribution in [0.1, 0.15) is 18.0 Å². The highest BCUT2D eigenvalue weighted by Gasteiger charge is 2.21. The van der Waals surface area contributed by atoms with Crippen molar-refractivity contribution >= 4 is 5.97 Å². The van der Waals surface area contributed by atoms with Gasteiger partial charge in [-0.3, -0.25) is 0 Å². The molecule has 1 rings (SSSR count). The van der Waals surface area contributed by atoms with E-state index < -0.39 is 12.0 Å². The topological polar surface area (TPSA) is 117 Å². The van der Waals surface area contributed by atoms with Crippen molar-refractivity contribution in [3.05, 3.63) is 34.2 Å². The van der Waals surface area contributed by atoms with Gasteiger partial charge in [0.1, 0.15) is 6.04 Å². The van der Waals surface area contributed by atoms with Crippen molar-refractivity contribution in [2.24, 2.45) is 5.11 Å². The van der Waals surface area contributed by atoms with Gasteiger partial charge < -0.3 is 19.9 Å². The number of azide groups is 1. The van der Waals surface area contributed by atoms with Gasteiger partial charge in [-0.1, -0.05) is 11.2 Å². The number of hydrogen-bond donors (Lipinski definition) is 2. The molecule has 0 radical (unpaired) electrons. The first-order valence-corrected chi connectivity index (χ1v) is 6.33. The molecular formula is C13H18N4O4. The predicted molar refractivity (Wildman–Crippen MR) is 76.0 cm³/mol. The van der Waals surface area contributed by atoms with Crippen molar-refractivity contribution in [2.45, 2.75) is 12.5 Å². The molecule has 1 aromatic rings. The van der Waals surface area contributed by atoms with E-state index in [1.54, 1.807) is 12.1 Å². The molecule has 2 N–H and O–H groups in total. The van der Waals surface area contributed by atoms with Crippen LogP contribution in [0.25, 0.3) is 10.4 Å². The Morgan fingerprint density at radius 3 is 2.86 bits per heavy atom. The average Bonchev–Trinajstić information content (AvgIpc) is 2.50. The molecule has 0 aromatic heterocycles. The minimum atomic E-state index is -0.710. The van der Waals surface area contributed by atoms with Crippen LogP contribution in [0.2, 0.25) is 0 Å². The molecule has 21 heavy (non-hydrogen) atoms. The SMILES string of the molecule is COC(=O)C(NCCCN=[N+]=[N-])c1ccc(OC)c(O)c1. The normalized spacial score (nSPS) is 11.3. The number of phenolic OH excluding ortho intramolecular Hbond substituents is 1. The molecule has 8 nitrogen and oxygen atoms in total. The summed E-state index contributed by atoms with van der Waals surface area (Å²) < 4.78 is 9.70. The number of carbonyl (C=O) groups excluding carboxylic acids is 1. The molecule has 0 aliphatic carbocycles. The Morgan fingerprint density at radius 2 is 2.29 bits per heavy atom. The van der Waals surface area contributed by atoms with E-state index in [2.05, 4.69) is 15.3 Å². The second-order valence-corrected chi connectivity index (χ2v) is 4.15. The second-order valence-electron chi connectivity index (χ2n) is 4.15. The molecule has 0 aliphatic rings. The van der Waals surface area contributed by atoms with Crippen molar-refractivity contribution in [1.82, 2.24) is 5.32 Å². The summed E-state index contributed by atoms with van der Waals surface area (Å²) >= 11 is 0. The summed E-state index contributed by atoms with van der Waals surface area (Å²) in [6.45, 7) is 0.802. The van der Waals surface area contributed by atoms with E-state index in [0.717, 1.165) is 0 Å². The Hall–Kier alpha value is -2.44. The van der Waals surface area contributed by atoms with Gasteiger partial charge in [-0.05, 0) is 36.2 Å². The molecule has 0 bridgehead atoms. The van der Waals surface area contributed by atoms with Crippen LogP contribution in [-0.4, -0.2) is 38.4 Å². The Balaban J connectivity index is 2.79. The van der Waals surface area contributed by atoms with E-state index in [9.17, 15) is 9.90 Å². The van der Waals surface area contributed by atoms with Gasteiger partial charge in [0.15, 0.2) is 11.5 Å². The number of rotatable bonds is 8. The minimum Gasteiger partial charge on any atom is -0.504 e. The van der Waals surface area contributed by atoms with Gasteiger partial charge in [0.2, 0.25) is 0 Å². The number of hydrogen-bond acceptors (Lipinski definition) is 6. The molecule has 0 fully saturated rings. The first-order chi connectivity index (χ1) is 10.1. The molecule has 0 aliphatic heterocycles. The fourth-order valence-corrected chi connectivity index (χ4v) is 1.78. The maximum Gasteiger partial charge on any atom is 0.327 e. The number of nitrogens with zero attached hydrogens (tertiary/aromatic N) is 3. The second kappa shape index (κ2) is 8.68. The monoisotopic (exact) mass is 294 g/mol. The Kier molecular flexibility index (Phi) is 6.86. The summed E-state index contributed by atoms with van der Waals surface area (Å²) in [6, 6.07) is 3.97. The highest BCUT2D eigenvalue weighted by molar-refractivity contribution is 5.77. The third-order valence-electron chi connectivity index (χ3n) is 2.82.